The monoisotopic (exact) mass is 573 g/mol. The van der Waals surface area contributed by atoms with E-state index in [-0.39, 0.29) is 0 Å². The van der Waals surface area contributed by atoms with Gasteiger partial charge in [-0.05, 0) is 85.8 Å². The molecule has 0 aliphatic heterocycles. The molecule has 212 valence electrons. The fourth-order valence-electron chi connectivity index (χ4n) is 6.39. The summed E-state index contributed by atoms with van der Waals surface area (Å²) in [5, 5.41) is 4.94. The second-order valence-electron chi connectivity index (χ2n) is 11.4. The van der Waals surface area contributed by atoms with Crippen molar-refractivity contribution in [2.75, 3.05) is 4.90 Å². The number of nitrogens with zero attached hydrogens (tertiary/aromatic N) is 1. The van der Waals surface area contributed by atoms with E-state index in [1.807, 2.05) is 0 Å². The third-order valence-electron chi connectivity index (χ3n) is 8.65. The highest BCUT2D eigenvalue weighted by Crippen LogP contribution is 2.45. The first-order chi connectivity index (χ1) is 22.3. The zero-order valence-corrected chi connectivity index (χ0v) is 24.8. The van der Waals surface area contributed by atoms with Crippen LogP contribution in [0.3, 0.4) is 0 Å². The van der Waals surface area contributed by atoms with Crippen LogP contribution >= 0.6 is 0 Å². The minimum absolute atomic E-state index is 1.11. The minimum atomic E-state index is 1.11. The first-order valence-corrected chi connectivity index (χ1v) is 15.4. The van der Waals surface area contributed by atoms with E-state index in [1.54, 1.807) is 0 Å². The van der Waals surface area contributed by atoms with E-state index in [0.717, 1.165) is 17.1 Å². The van der Waals surface area contributed by atoms with E-state index in [4.69, 9.17) is 0 Å². The number of hydrogen-bond acceptors (Lipinski definition) is 1. The summed E-state index contributed by atoms with van der Waals surface area (Å²) in [6.45, 7) is 0. The molecule has 0 bridgehead atoms. The number of rotatable bonds is 6. The molecular formula is C44H31N. The van der Waals surface area contributed by atoms with Gasteiger partial charge in [0.05, 0.1) is 5.69 Å². The zero-order valence-electron chi connectivity index (χ0n) is 24.8. The van der Waals surface area contributed by atoms with Crippen molar-refractivity contribution in [2.45, 2.75) is 0 Å². The Bertz CT molecular complexity index is 2150. The molecule has 0 atom stereocenters. The van der Waals surface area contributed by atoms with Crippen molar-refractivity contribution in [1.29, 1.82) is 0 Å². The summed E-state index contributed by atoms with van der Waals surface area (Å²) >= 11 is 0. The van der Waals surface area contributed by atoms with Gasteiger partial charge in [-0.1, -0.05) is 152 Å². The molecule has 0 spiro atoms. The van der Waals surface area contributed by atoms with Crippen LogP contribution in [0.25, 0.3) is 54.9 Å². The average molecular weight is 574 g/mol. The van der Waals surface area contributed by atoms with Crippen LogP contribution in [0, 0.1) is 0 Å². The van der Waals surface area contributed by atoms with Gasteiger partial charge in [-0.3, -0.25) is 0 Å². The van der Waals surface area contributed by atoms with Gasteiger partial charge < -0.3 is 4.90 Å². The van der Waals surface area contributed by atoms with Crippen molar-refractivity contribution >= 4 is 38.6 Å². The summed E-state index contributed by atoms with van der Waals surface area (Å²) in [6, 6.07) is 67.7. The van der Waals surface area contributed by atoms with Crippen LogP contribution in [-0.2, 0) is 0 Å². The van der Waals surface area contributed by atoms with E-state index in [9.17, 15) is 0 Å². The Morgan fingerprint density at radius 2 is 0.733 bits per heavy atom. The van der Waals surface area contributed by atoms with Crippen LogP contribution in [0.4, 0.5) is 17.1 Å². The fourth-order valence-corrected chi connectivity index (χ4v) is 6.39. The van der Waals surface area contributed by atoms with Crippen LogP contribution in [0.1, 0.15) is 0 Å². The first kappa shape index (κ1) is 26.7. The molecule has 0 amide bonds. The third kappa shape index (κ3) is 5.15. The Balaban J connectivity index is 1.34. The van der Waals surface area contributed by atoms with Crippen LogP contribution in [0.2, 0.25) is 0 Å². The molecule has 1 nitrogen and oxygen atoms in total. The molecule has 0 fully saturated rings. The van der Waals surface area contributed by atoms with Gasteiger partial charge in [0, 0.05) is 16.9 Å². The van der Waals surface area contributed by atoms with Crippen molar-refractivity contribution in [3.05, 3.63) is 188 Å². The molecule has 0 aliphatic rings. The molecule has 0 saturated carbocycles. The van der Waals surface area contributed by atoms with Gasteiger partial charge in [0.25, 0.3) is 0 Å². The predicted octanol–water partition coefficient (Wildman–Crippen LogP) is 12.5. The fraction of sp³-hybridized carbons (Fsp3) is 0. The standard InChI is InChI=1S/C44H31N/c1-3-11-32(12-4-1)35-21-26-40(27-22-35)45(41-28-23-36(24-29-41)33-13-5-2-6-14-33)43-30-25-37-16-9-10-18-42(37)44(43)39-20-19-34-15-7-8-17-38(34)31-39/h1-31H. The largest absolute Gasteiger partial charge is 0.310 e. The summed E-state index contributed by atoms with van der Waals surface area (Å²) in [6.07, 6.45) is 0. The maximum Gasteiger partial charge on any atom is 0.0546 e. The summed E-state index contributed by atoms with van der Waals surface area (Å²) in [5.74, 6) is 0. The molecule has 45 heavy (non-hydrogen) atoms. The molecule has 0 aromatic heterocycles. The minimum Gasteiger partial charge on any atom is -0.310 e. The lowest BCUT2D eigenvalue weighted by Gasteiger charge is -2.29. The lowest BCUT2D eigenvalue weighted by atomic mass is 9.93. The smallest absolute Gasteiger partial charge is 0.0546 e. The molecule has 8 aromatic rings. The number of anilines is 3. The van der Waals surface area contributed by atoms with E-state index < -0.39 is 0 Å². The maximum atomic E-state index is 2.40. The molecule has 0 heterocycles. The highest BCUT2D eigenvalue weighted by Gasteiger charge is 2.20. The second-order valence-corrected chi connectivity index (χ2v) is 11.4. The van der Waals surface area contributed by atoms with Gasteiger partial charge in [-0.2, -0.15) is 0 Å². The SMILES string of the molecule is c1ccc(-c2ccc(N(c3ccc(-c4ccccc4)cc3)c3ccc4ccccc4c3-c3ccc4ccccc4c3)cc2)cc1. The van der Waals surface area contributed by atoms with Crippen molar-refractivity contribution in [1.82, 2.24) is 0 Å². The molecule has 0 saturated heterocycles. The van der Waals surface area contributed by atoms with E-state index in [0.29, 0.717) is 0 Å². The van der Waals surface area contributed by atoms with Crippen molar-refractivity contribution in [3.8, 4) is 33.4 Å². The van der Waals surface area contributed by atoms with Crippen LogP contribution in [-0.4, -0.2) is 0 Å². The van der Waals surface area contributed by atoms with Gasteiger partial charge in [-0.25, -0.2) is 0 Å². The molecule has 0 aliphatic carbocycles. The highest BCUT2D eigenvalue weighted by atomic mass is 15.1. The van der Waals surface area contributed by atoms with Crippen molar-refractivity contribution < 1.29 is 0 Å². The topological polar surface area (TPSA) is 3.24 Å². The van der Waals surface area contributed by atoms with Gasteiger partial charge in [0.1, 0.15) is 0 Å². The van der Waals surface area contributed by atoms with Crippen LogP contribution < -0.4 is 4.90 Å². The molecule has 8 rings (SSSR count). The molecule has 0 radical (unpaired) electrons. The molecule has 1 heteroatoms. The van der Waals surface area contributed by atoms with Crippen molar-refractivity contribution in [2.24, 2.45) is 0 Å². The number of hydrogen-bond donors (Lipinski definition) is 0. The van der Waals surface area contributed by atoms with Gasteiger partial charge in [0.15, 0.2) is 0 Å². The van der Waals surface area contributed by atoms with Crippen LogP contribution in [0.5, 0.6) is 0 Å². The quantitative estimate of drug-likeness (QED) is 0.191. The lowest BCUT2D eigenvalue weighted by Crippen LogP contribution is -2.11. The normalized spacial score (nSPS) is 11.1. The summed E-state index contributed by atoms with van der Waals surface area (Å²) in [5.41, 5.74) is 10.6. The molecule has 0 N–H and O–H groups in total. The Morgan fingerprint density at radius 1 is 0.289 bits per heavy atom. The average Bonchev–Trinajstić information content (AvgIpc) is 3.13. The van der Waals surface area contributed by atoms with Crippen LogP contribution in [0.15, 0.2) is 188 Å². The molecule has 8 aromatic carbocycles. The summed E-state index contributed by atoms with van der Waals surface area (Å²) < 4.78 is 0. The van der Waals surface area contributed by atoms with E-state index in [2.05, 4.69) is 193 Å². The third-order valence-corrected chi connectivity index (χ3v) is 8.65. The number of benzene rings is 8. The molecular weight excluding hydrogens is 542 g/mol. The second kappa shape index (κ2) is 11.6. The van der Waals surface area contributed by atoms with Gasteiger partial charge in [-0.15, -0.1) is 0 Å². The first-order valence-electron chi connectivity index (χ1n) is 15.4. The summed E-state index contributed by atoms with van der Waals surface area (Å²) in [7, 11) is 0. The Hall–Kier alpha value is -5.92. The zero-order chi connectivity index (χ0) is 30.0. The Labute approximate surface area is 264 Å². The van der Waals surface area contributed by atoms with Gasteiger partial charge >= 0.3 is 0 Å². The number of fused-ring (bicyclic) bond motifs is 2. The predicted molar refractivity (Wildman–Crippen MR) is 192 cm³/mol. The Morgan fingerprint density at radius 3 is 1.33 bits per heavy atom. The highest BCUT2D eigenvalue weighted by molar-refractivity contribution is 6.06. The lowest BCUT2D eigenvalue weighted by molar-refractivity contribution is 1.29. The van der Waals surface area contributed by atoms with E-state index >= 15 is 0 Å². The van der Waals surface area contributed by atoms with Gasteiger partial charge in [0.2, 0.25) is 0 Å². The summed E-state index contributed by atoms with van der Waals surface area (Å²) in [4.78, 5) is 2.40. The maximum absolute atomic E-state index is 2.40. The Kier molecular flexibility index (Phi) is 6.90. The molecule has 0 unspecified atom stereocenters. The van der Waals surface area contributed by atoms with E-state index in [1.165, 1.54) is 54.9 Å². The van der Waals surface area contributed by atoms with Crippen molar-refractivity contribution in [3.63, 3.8) is 0 Å².